The molecule has 0 bridgehead atoms. The first-order valence-electron chi connectivity index (χ1n) is 6.62. The van der Waals surface area contributed by atoms with Crippen molar-refractivity contribution in [2.24, 2.45) is 0 Å². The maximum atomic E-state index is 11.6. The molecule has 1 aliphatic rings. The maximum Gasteiger partial charge on any atom is 0.409 e. The van der Waals surface area contributed by atoms with Crippen LogP contribution < -0.4 is 10.1 Å². The Morgan fingerprint density at radius 1 is 1.35 bits per heavy atom. The van der Waals surface area contributed by atoms with Gasteiger partial charge in [-0.15, -0.1) is 0 Å². The fraction of sp³-hybridized carbons (Fsp3) is 0.429. The van der Waals surface area contributed by atoms with Crippen molar-refractivity contribution in [3.63, 3.8) is 0 Å². The fourth-order valence-electron chi connectivity index (χ4n) is 1.83. The predicted molar refractivity (Wildman–Crippen MR) is 72.5 cm³/mol. The van der Waals surface area contributed by atoms with Crippen molar-refractivity contribution in [2.45, 2.75) is 6.42 Å². The first-order chi connectivity index (χ1) is 9.75. The number of para-hydroxylation sites is 1. The Hall–Kier alpha value is -2.24. The molecule has 108 valence electrons. The average Bonchev–Trinajstić information content (AvgIpc) is 2.86. The van der Waals surface area contributed by atoms with Gasteiger partial charge in [-0.2, -0.15) is 0 Å². The van der Waals surface area contributed by atoms with Gasteiger partial charge in [-0.3, -0.25) is 4.79 Å². The number of ether oxygens (including phenoxy) is 2. The van der Waals surface area contributed by atoms with Gasteiger partial charge >= 0.3 is 6.09 Å². The largest absolute Gasteiger partial charge is 0.493 e. The molecule has 1 saturated heterocycles. The number of rotatable bonds is 7. The number of benzene rings is 1. The van der Waals surface area contributed by atoms with Crippen LogP contribution in [0.4, 0.5) is 4.79 Å². The highest BCUT2D eigenvalue weighted by atomic mass is 16.6. The topological polar surface area (TPSA) is 67.9 Å². The van der Waals surface area contributed by atoms with Crippen molar-refractivity contribution >= 4 is 12.0 Å². The van der Waals surface area contributed by atoms with E-state index in [0.29, 0.717) is 39.3 Å². The molecule has 0 spiro atoms. The number of amides is 2. The number of nitrogens with zero attached hydrogens (tertiary/aromatic N) is 1. The fourth-order valence-corrected chi connectivity index (χ4v) is 1.83. The van der Waals surface area contributed by atoms with Crippen LogP contribution in [-0.2, 0) is 9.53 Å². The molecule has 20 heavy (non-hydrogen) atoms. The van der Waals surface area contributed by atoms with Crippen LogP contribution in [0.15, 0.2) is 30.3 Å². The van der Waals surface area contributed by atoms with Gasteiger partial charge in [0.25, 0.3) is 0 Å². The zero-order valence-corrected chi connectivity index (χ0v) is 11.2. The summed E-state index contributed by atoms with van der Waals surface area (Å²) in [6.07, 6.45) is -0.0223. The third-order valence-electron chi connectivity index (χ3n) is 2.89. The third-order valence-corrected chi connectivity index (χ3v) is 2.89. The van der Waals surface area contributed by atoms with E-state index in [4.69, 9.17) is 9.47 Å². The van der Waals surface area contributed by atoms with E-state index in [1.54, 1.807) is 4.90 Å². The molecule has 1 heterocycles. The molecule has 0 aliphatic carbocycles. The molecule has 0 radical (unpaired) electrons. The second kappa shape index (κ2) is 7.37. The Morgan fingerprint density at radius 3 is 2.85 bits per heavy atom. The summed E-state index contributed by atoms with van der Waals surface area (Å²) >= 11 is 0. The summed E-state index contributed by atoms with van der Waals surface area (Å²) in [6.45, 7) is 2.26. The molecule has 1 N–H and O–H groups in total. The minimum absolute atomic E-state index is 0.0894. The van der Waals surface area contributed by atoms with Crippen molar-refractivity contribution in [3.05, 3.63) is 30.3 Å². The maximum absolute atomic E-state index is 11.6. The molecule has 2 amide bonds. The van der Waals surface area contributed by atoms with Crippen LogP contribution in [0.5, 0.6) is 5.75 Å². The van der Waals surface area contributed by atoms with Gasteiger partial charge in [0, 0.05) is 13.1 Å². The van der Waals surface area contributed by atoms with Crippen LogP contribution in [0.3, 0.4) is 0 Å². The van der Waals surface area contributed by atoms with Crippen molar-refractivity contribution < 1.29 is 19.1 Å². The number of hydrogen-bond donors (Lipinski definition) is 1. The van der Waals surface area contributed by atoms with Gasteiger partial charge in [0.05, 0.1) is 19.6 Å². The van der Waals surface area contributed by atoms with Crippen LogP contribution in [-0.4, -0.2) is 49.7 Å². The smallest absolute Gasteiger partial charge is 0.409 e. The van der Waals surface area contributed by atoms with E-state index in [1.807, 2.05) is 30.3 Å². The summed E-state index contributed by atoms with van der Waals surface area (Å²) in [6, 6.07) is 9.35. The van der Waals surface area contributed by atoms with Crippen LogP contribution in [0, 0.1) is 0 Å². The monoisotopic (exact) mass is 278 g/mol. The zero-order chi connectivity index (χ0) is 14.2. The summed E-state index contributed by atoms with van der Waals surface area (Å²) in [7, 11) is 0. The van der Waals surface area contributed by atoms with E-state index >= 15 is 0 Å². The molecular weight excluding hydrogens is 260 g/mol. The highest BCUT2D eigenvalue weighted by Crippen LogP contribution is 2.08. The summed E-state index contributed by atoms with van der Waals surface area (Å²) in [5.74, 6) is 0.661. The first kappa shape index (κ1) is 14.2. The molecule has 6 heteroatoms. The van der Waals surface area contributed by atoms with Crippen LogP contribution in [0.1, 0.15) is 6.42 Å². The minimum atomic E-state index is -0.313. The van der Waals surface area contributed by atoms with Crippen molar-refractivity contribution in [2.75, 3.05) is 32.8 Å². The lowest BCUT2D eigenvalue weighted by molar-refractivity contribution is -0.121. The van der Waals surface area contributed by atoms with Gasteiger partial charge in [0.2, 0.25) is 5.91 Å². The molecule has 1 aliphatic heterocycles. The third kappa shape index (κ3) is 4.46. The molecule has 1 aromatic rings. The lowest BCUT2D eigenvalue weighted by Gasteiger charge is -2.13. The molecule has 0 unspecified atom stereocenters. The predicted octanol–water partition coefficient (Wildman–Crippen LogP) is 1.02. The second-order valence-corrected chi connectivity index (χ2v) is 4.36. The van der Waals surface area contributed by atoms with E-state index in [2.05, 4.69) is 5.32 Å². The molecule has 0 aromatic heterocycles. The normalized spacial score (nSPS) is 14.0. The van der Waals surface area contributed by atoms with E-state index in [-0.39, 0.29) is 12.0 Å². The molecule has 1 aromatic carbocycles. The standard InChI is InChI=1S/C14H18N2O4/c17-13(6-10-19-12-4-2-1-3-5-12)15-7-8-16-9-11-20-14(16)18/h1-5H,6-11H2,(H,15,17). The quantitative estimate of drug-likeness (QED) is 0.808. The van der Waals surface area contributed by atoms with Gasteiger partial charge < -0.3 is 19.7 Å². The minimum Gasteiger partial charge on any atom is -0.493 e. The van der Waals surface area contributed by atoms with E-state index in [0.717, 1.165) is 5.75 Å². The van der Waals surface area contributed by atoms with Crippen LogP contribution in [0.25, 0.3) is 0 Å². The van der Waals surface area contributed by atoms with E-state index < -0.39 is 0 Å². The van der Waals surface area contributed by atoms with Gasteiger partial charge in [-0.1, -0.05) is 18.2 Å². The van der Waals surface area contributed by atoms with Crippen molar-refractivity contribution in [1.82, 2.24) is 10.2 Å². The Balaban J connectivity index is 1.55. The summed E-state index contributed by atoms with van der Waals surface area (Å²) < 4.78 is 10.2. The molecule has 1 fully saturated rings. The zero-order valence-electron chi connectivity index (χ0n) is 11.2. The highest BCUT2D eigenvalue weighted by Gasteiger charge is 2.20. The summed E-state index contributed by atoms with van der Waals surface area (Å²) in [5, 5.41) is 2.75. The van der Waals surface area contributed by atoms with Gasteiger partial charge in [0.1, 0.15) is 12.4 Å². The van der Waals surface area contributed by atoms with Gasteiger partial charge in [-0.05, 0) is 12.1 Å². The Kier molecular flexibility index (Phi) is 5.23. The number of hydrogen-bond acceptors (Lipinski definition) is 4. The summed E-state index contributed by atoms with van der Waals surface area (Å²) in [4.78, 5) is 24.3. The number of carbonyl (C=O) groups is 2. The SMILES string of the molecule is O=C(CCOc1ccccc1)NCCN1CCOC1=O. The molecule has 2 rings (SSSR count). The molecule has 0 saturated carbocycles. The Bertz CT molecular complexity index is 450. The lowest BCUT2D eigenvalue weighted by atomic mass is 10.3. The van der Waals surface area contributed by atoms with Gasteiger partial charge in [-0.25, -0.2) is 4.79 Å². The Morgan fingerprint density at radius 2 is 2.15 bits per heavy atom. The highest BCUT2D eigenvalue weighted by molar-refractivity contribution is 5.76. The summed E-state index contributed by atoms with van der Waals surface area (Å²) in [5.41, 5.74) is 0. The molecular formula is C14H18N2O4. The number of nitrogens with one attached hydrogen (secondary N) is 1. The van der Waals surface area contributed by atoms with Gasteiger partial charge in [0.15, 0.2) is 0 Å². The van der Waals surface area contributed by atoms with E-state index in [9.17, 15) is 9.59 Å². The Labute approximate surface area is 117 Å². The van der Waals surface area contributed by atoms with E-state index in [1.165, 1.54) is 0 Å². The molecule has 0 atom stereocenters. The number of carbonyl (C=O) groups excluding carboxylic acids is 2. The average molecular weight is 278 g/mol. The molecule has 6 nitrogen and oxygen atoms in total. The first-order valence-corrected chi connectivity index (χ1v) is 6.62. The van der Waals surface area contributed by atoms with Crippen LogP contribution >= 0.6 is 0 Å². The van der Waals surface area contributed by atoms with Crippen molar-refractivity contribution in [1.29, 1.82) is 0 Å². The second-order valence-electron chi connectivity index (χ2n) is 4.36. The van der Waals surface area contributed by atoms with Crippen LogP contribution in [0.2, 0.25) is 0 Å². The number of cyclic esters (lactones) is 1. The van der Waals surface area contributed by atoms with Crippen molar-refractivity contribution in [3.8, 4) is 5.75 Å². The lowest BCUT2D eigenvalue weighted by Crippen LogP contribution is -2.35.